The van der Waals surface area contributed by atoms with E-state index >= 15 is 0 Å². The molecule has 0 bridgehead atoms. The Bertz CT molecular complexity index is 1170. The van der Waals surface area contributed by atoms with Crippen LogP contribution in [0.3, 0.4) is 0 Å². The van der Waals surface area contributed by atoms with Gasteiger partial charge in [0.15, 0.2) is 0 Å². The van der Waals surface area contributed by atoms with Gasteiger partial charge < -0.3 is 9.72 Å². The third kappa shape index (κ3) is 3.37. The molecule has 0 aliphatic carbocycles. The van der Waals surface area contributed by atoms with Crippen molar-refractivity contribution in [2.45, 2.75) is 6.42 Å². The van der Waals surface area contributed by atoms with Crippen LogP contribution >= 0.6 is 11.6 Å². The second-order valence-electron chi connectivity index (χ2n) is 6.34. The predicted molar refractivity (Wildman–Crippen MR) is 107 cm³/mol. The van der Waals surface area contributed by atoms with Crippen molar-refractivity contribution in [3.8, 4) is 11.3 Å². The lowest BCUT2D eigenvalue weighted by Gasteiger charge is -2.07. The van der Waals surface area contributed by atoms with Gasteiger partial charge in [-0.05, 0) is 35.4 Å². The van der Waals surface area contributed by atoms with E-state index in [2.05, 4.69) is 9.97 Å². The average molecular weight is 395 g/mol. The number of aromatic amines is 1. The zero-order chi connectivity index (χ0) is 19.7. The number of halogens is 2. The Balaban J connectivity index is 1.87. The van der Waals surface area contributed by atoms with Crippen LogP contribution in [-0.2, 0) is 11.2 Å². The monoisotopic (exact) mass is 394 g/mol. The summed E-state index contributed by atoms with van der Waals surface area (Å²) in [4.78, 5) is 19.5. The van der Waals surface area contributed by atoms with Gasteiger partial charge in [-0.2, -0.15) is 0 Å². The van der Waals surface area contributed by atoms with Crippen LogP contribution in [0.4, 0.5) is 4.39 Å². The average Bonchev–Trinajstić information content (AvgIpc) is 3.06. The van der Waals surface area contributed by atoms with Crippen molar-refractivity contribution in [3.05, 3.63) is 88.5 Å². The minimum Gasteiger partial charge on any atom is -0.464 e. The fraction of sp³-hybridized carbons (Fsp3) is 0.0909. The molecular weight excluding hydrogens is 379 g/mol. The Morgan fingerprint density at radius 2 is 1.93 bits per heavy atom. The van der Waals surface area contributed by atoms with E-state index in [1.807, 2.05) is 36.4 Å². The molecule has 0 atom stereocenters. The maximum Gasteiger partial charge on any atom is 0.356 e. The third-order valence-corrected chi connectivity index (χ3v) is 4.86. The van der Waals surface area contributed by atoms with Crippen molar-refractivity contribution >= 4 is 28.5 Å². The zero-order valence-corrected chi connectivity index (χ0v) is 15.8. The summed E-state index contributed by atoms with van der Waals surface area (Å²) in [6.45, 7) is 0. The largest absolute Gasteiger partial charge is 0.464 e. The lowest BCUT2D eigenvalue weighted by molar-refractivity contribution is 0.0593. The van der Waals surface area contributed by atoms with E-state index in [1.165, 1.54) is 13.2 Å². The first kappa shape index (κ1) is 18.2. The number of methoxy groups -OCH3 is 1. The van der Waals surface area contributed by atoms with Gasteiger partial charge in [0.25, 0.3) is 0 Å². The maximum absolute atomic E-state index is 14.2. The molecule has 0 saturated heterocycles. The first-order valence-electron chi connectivity index (χ1n) is 8.66. The van der Waals surface area contributed by atoms with Gasteiger partial charge in [0, 0.05) is 23.0 Å². The van der Waals surface area contributed by atoms with Crippen LogP contribution in [0, 0.1) is 5.82 Å². The second-order valence-corrected chi connectivity index (χ2v) is 6.75. The van der Waals surface area contributed by atoms with Crippen molar-refractivity contribution in [1.29, 1.82) is 0 Å². The van der Waals surface area contributed by atoms with Crippen molar-refractivity contribution < 1.29 is 13.9 Å². The molecule has 6 heteroatoms. The number of ether oxygens (including phenoxy) is 1. The standard InChI is InChI=1S/C22H16ClFN2O2/c1-28-22(27)19-9-5-8-14(25-19)10-16-15-11-18(24)17(23)12-20(15)26-21(16)13-6-3-2-4-7-13/h2-9,11-12,26H,10H2,1H3. The molecule has 0 fully saturated rings. The number of fused-ring (bicyclic) bond motifs is 1. The molecule has 0 aliphatic rings. The van der Waals surface area contributed by atoms with E-state index in [1.54, 1.807) is 18.2 Å². The molecule has 0 aliphatic heterocycles. The van der Waals surface area contributed by atoms with Crippen molar-refractivity contribution in [3.63, 3.8) is 0 Å². The highest BCUT2D eigenvalue weighted by atomic mass is 35.5. The van der Waals surface area contributed by atoms with Crippen LogP contribution in [-0.4, -0.2) is 23.0 Å². The summed E-state index contributed by atoms with van der Waals surface area (Å²) in [6, 6.07) is 18.0. The number of benzene rings is 2. The van der Waals surface area contributed by atoms with E-state index in [0.29, 0.717) is 12.1 Å². The first-order chi connectivity index (χ1) is 13.6. The molecule has 2 heterocycles. The number of rotatable bonds is 4. The van der Waals surface area contributed by atoms with Gasteiger partial charge in [-0.1, -0.05) is 48.0 Å². The normalized spacial score (nSPS) is 11.0. The highest BCUT2D eigenvalue weighted by Crippen LogP contribution is 2.34. The van der Waals surface area contributed by atoms with Gasteiger partial charge in [0.2, 0.25) is 0 Å². The van der Waals surface area contributed by atoms with Crippen molar-refractivity contribution in [2.24, 2.45) is 0 Å². The van der Waals surface area contributed by atoms with Gasteiger partial charge in [-0.25, -0.2) is 14.2 Å². The van der Waals surface area contributed by atoms with Crippen LogP contribution < -0.4 is 0 Å². The predicted octanol–water partition coefficient (Wildman–Crippen LogP) is 5.40. The highest BCUT2D eigenvalue weighted by molar-refractivity contribution is 6.31. The van der Waals surface area contributed by atoms with Crippen LogP contribution in [0.5, 0.6) is 0 Å². The molecule has 28 heavy (non-hydrogen) atoms. The van der Waals surface area contributed by atoms with E-state index in [0.717, 1.165) is 27.7 Å². The quantitative estimate of drug-likeness (QED) is 0.471. The minimum absolute atomic E-state index is 0.0609. The smallest absolute Gasteiger partial charge is 0.356 e. The number of nitrogens with zero attached hydrogens (tertiary/aromatic N) is 1. The number of nitrogens with one attached hydrogen (secondary N) is 1. The van der Waals surface area contributed by atoms with Crippen LogP contribution in [0.2, 0.25) is 5.02 Å². The van der Waals surface area contributed by atoms with Gasteiger partial charge in [-0.3, -0.25) is 0 Å². The Morgan fingerprint density at radius 3 is 2.68 bits per heavy atom. The number of pyridine rings is 1. The number of carbonyl (C=O) groups is 1. The second kappa shape index (κ2) is 7.44. The summed E-state index contributed by atoms with van der Waals surface area (Å²) in [7, 11) is 1.32. The summed E-state index contributed by atoms with van der Waals surface area (Å²) in [6.07, 6.45) is 0.413. The van der Waals surface area contributed by atoms with Crippen LogP contribution in [0.25, 0.3) is 22.2 Å². The zero-order valence-electron chi connectivity index (χ0n) is 15.0. The molecule has 0 amide bonds. The molecule has 1 N–H and O–H groups in total. The summed E-state index contributed by atoms with van der Waals surface area (Å²) in [5.41, 5.74) is 4.36. The van der Waals surface area contributed by atoms with Crippen molar-refractivity contribution in [1.82, 2.24) is 9.97 Å². The molecule has 4 nitrogen and oxygen atoms in total. The van der Waals surface area contributed by atoms with E-state index in [4.69, 9.17) is 16.3 Å². The van der Waals surface area contributed by atoms with E-state index in [9.17, 15) is 9.18 Å². The number of hydrogen-bond acceptors (Lipinski definition) is 3. The Labute approximate surface area is 165 Å². The first-order valence-corrected chi connectivity index (χ1v) is 9.04. The number of hydrogen-bond donors (Lipinski definition) is 1. The van der Waals surface area contributed by atoms with Gasteiger partial charge in [0.05, 0.1) is 17.8 Å². The number of esters is 1. The third-order valence-electron chi connectivity index (χ3n) is 4.57. The Morgan fingerprint density at radius 1 is 1.14 bits per heavy atom. The Kier molecular flexibility index (Phi) is 4.84. The summed E-state index contributed by atoms with van der Waals surface area (Å²) in [5, 5.41) is 0.789. The summed E-state index contributed by atoms with van der Waals surface area (Å²) >= 11 is 5.97. The van der Waals surface area contributed by atoms with Gasteiger partial charge in [-0.15, -0.1) is 0 Å². The van der Waals surface area contributed by atoms with Gasteiger partial charge in [0.1, 0.15) is 11.5 Å². The fourth-order valence-electron chi connectivity index (χ4n) is 3.26. The SMILES string of the molecule is COC(=O)c1cccc(Cc2c(-c3ccccc3)[nH]c3cc(Cl)c(F)cc23)n1. The number of carbonyl (C=O) groups excluding carboxylic acids is 1. The number of aromatic nitrogens is 2. The fourth-order valence-corrected chi connectivity index (χ4v) is 3.42. The summed E-state index contributed by atoms with van der Waals surface area (Å²) in [5.74, 6) is -0.979. The van der Waals surface area contributed by atoms with E-state index in [-0.39, 0.29) is 10.7 Å². The van der Waals surface area contributed by atoms with Gasteiger partial charge >= 0.3 is 5.97 Å². The molecule has 140 valence electrons. The molecule has 0 saturated carbocycles. The maximum atomic E-state index is 14.2. The molecule has 4 aromatic rings. The molecule has 4 rings (SSSR count). The molecule has 0 spiro atoms. The summed E-state index contributed by atoms with van der Waals surface area (Å²) < 4.78 is 18.9. The minimum atomic E-state index is -0.498. The topological polar surface area (TPSA) is 55.0 Å². The number of H-pyrrole nitrogens is 1. The lowest BCUT2D eigenvalue weighted by atomic mass is 10.0. The molecule has 2 aromatic carbocycles. The molecule has 2 aromatic heterocycles. The van der Waals surface area contributed by atoms with Crippen LogP contribution in [0.1, 0.15) is 21.7 Å². The van der Waals surface area contributed by atoms with Crippen LogP contribution in [0.15, 0.2) is 60.7 Å². The van der Waals surface area contributed by atoms with Crippen molar-refractivity contribution in [2.75, 3.05) is 7.11 Å². The lowest BCUT2D eigenvalue weighted by Crippen LogP contribution is -2.06. The Hall–Kier alpha value is -3.18. The molecular formula is C22H16ClFN2O2. The molecule has 0 unspecified atom stereocenters. The highest BCUT2D eigenvalue weighted by Gasteiger charge is 2.17. The molecule has 0 radical (unpaired) electrons. The van der Waals surface area contributed by atoms with E-state index < -0.39 is 11.8 Å².